The first-order chi connectivity index (χ1) is 31.5. The van der Waals surface area contributed by atoms with E-state index >= 15 is 0 Å². The summed E-state index contributed by atoms with van der Waals surface area (Å²) < 4.78 is 25.6. The van der Waals surface area contributed by atoms with Crippen molar-refractivity contribution in [2.75, 3.05) is 163 Å². The molecular weight excluding hydrogens is 883 g/mol. The van der Waals surface area contributed by atoms with Gasteiger partial charge in [0, 0.05) is 63.4 Å². The maximum Gasteiger partial charge on any atom is 0.0700 e. The summed E-state index contributed by atoms with van der Waals surface area (Å²) in [5.41, 5.74) is 0. The van der Waals surface area contributed by atoms with Gasteiger partial charge in [0.25, 0.3) is 0 Å². The third kappa shape index (κ3) is 57.7. The molecule has 378 valence electrons. The van der Waals surface area contributed by atoms with E-state index in [0.717, 1.165) is 85.6 Å². The van der Waals surface area contributed by atoms with Gasteiger partial charge in [-0.1, -0.05) is 64.2 Å². The van der Waals surface area contributed by atoms with Crippen molar-refractivity contribution in [3.05, 3.63) is 0 Å². The average molecular weight is 987 g/mol. The van der Waals surface area contributed by atoms with Crippen molar-refractivity contribution >= 4 is 58.8 Å². The molecule has 63 heavy (non-hydrogen) atoms. The summed E-state index contributed by atoms with van der Waals surface area (Å²) in [7, 11) is 0. The van der Waals surface area contributed by atoms with Crippen molar-refractivity contribution in [3.63, 3.8) is 0 Å². The minimum absolute atomic E-state index is 0.778. The summed E-state index contributed by atoms with van der Waals surface area (Å²) in [4.78, 5) is 0. The topological polar surface area (TPSA) is 82.2 Å². The van der Waals surface area contributed by atoms with Crippen molar-refractivity contribution in [1.82, 2.24) is 16.0 Å². The Morgan fingerprint density at radius 3 is 1.03 bits per heavy atom. The molecule has 9 fully saturated rings. The molecule has 9 aliphatic rings. The van der Waals surface area contributed by atoms with Crippen LogP contribution >= 0.6 is 58.8 Å². The van der Waals surface area contributed by atoms with E-state index in [-0.39, 0.29) is 0 Å². The van der Waals surface area contributed by atoms with Gasteiger partial charge in [0.15, 0.2) is 0 Å². The van der Waals surface area contributed by atoms with Gasteiger partial charge in [-0.3, -0.25) is 0 Å². The highest BCUT2D eigenvalue weighted by molar-refractivity contribution is 8.03. The average Bonchev–Trinajstić information content (AvgIpc) is 4.15. The van der Waals surface area contributed by atoms with Crippen LogP contribution in [0.3, 0.4) is 0 Å². The lowest BCUT2D eigenvalue weighted by molar-refractivity contribution is 0.103. The van der Waals surface area contributed by atoms with E-state index in [1.165, 1.54) is 231 Å². The first-order valence-corrected chi connectivity index (χ1v) is 32.2. The van der Waals surface area contributed by atoms with Gasteiger partial charge in [-0.25, -0.2) is 0 Å². The Hall–Kier alpha value is 1.43. The number of thioether (sulfide) groups is 5. The second-order valence-corrected chi connectivity index (χ2v) is 23.0. The summed E-state index contributed by atoms with van der Waals surface area (Å²) in [5.74, 6) is 13.7. The molecule has 0 aliphatic carbocycles. The van der Waals surface area contributed by atoms with Gasteiger partial charge in [0.2, 0.25) is 0 Å². The monoisotopic (exact) mass is 986 g/mol. The predicted molar refractivity (Wildman–Crippen MR) is 290 cm³/mol. The third-order valence-electron chi connectivity index (χ3n) is 10.8. The smallest absolute Gasteiger partial charge is 0.0700 e. The predicted octanol–water partition coefficient (Wildman–Crippen LogP) is 11.9. The molecule has 9 aliphatic heterocycles. The zero-order valence-corrected chi connectivity index (χ0v) is 45.0. The van der Waals surface area contributed by atoms with E-state index in [0.29, 0.717) is 0 Å². The van der Waals surface area contributed by atoms with Gasteiger partial charge >= 0.3 is 0 Å². The molecule has 0 radical (unpaired) electrons. The minimum atomic E-state index is 0.778. The normalized spacial score (nSPS) is 24.0. The standard InChI is InChI=1S/2C6H13N.C6H12O.2C6H12S.C5H11NO.C5H10O2.C5H10OS.C5H10S2/c5*1-2-4-6-7-5-3-1;1-2-6-3-5-7-4-1;1-2-6-4-5-7-3-1;1-2-6-3-5-7-4-1;1-2-6-4-5-7-3-1/h2*7H,1-6H2;3*1-6H2;6H,1-5H2;3*1-5H2. The number of ether oxygens (including phenoxy) is 5. The van der Waals surface area contributed by atoms with Crippen LogP contribution in [0, 0.1) is 0 Å². The van der Waals surface area contributed by atoms with Gasteiger partial charge in [0.1, 0.15) is 0 Å². The molecule has 13 heteroatoms. The largest absolute Gasteiger partial charge is 0.381 e. The van der Waals surface area contributed by atoms with Crippen LogP contribution in [0.4, 0.5) is 0 Å². The van der Waals surface area contributed by atoms with E-state index in [4.69, 9.17) is 23.7 Å². The Kier molecular flexibility index (Phi) is 59.0. The van der Waals surface area contributed by atoms with Crippen molar-refractivity contribution in [3.8, 4) is 0 Å². The number of rotatable bonds is 0. The van der Waals surface area contributed by atoms with Gasteiger partial charge in [-0.2, -0.15) is 58.8 Å². The fourth-order valence-electron chi connectivity index (χ4n) is 6.97. The van der Waals surface area contributed by atoms with Crippen LogP contribution in [0.2, 0.25) is 0 Å². The second-order valence-electron chi connectivity index (χ2n) is 16.9. The molecule has 0 unspecified atom stereocenters. The van der Waals surface area contributed by atoms with E-state index in [9.17, 15) is 0 Å². The SMILES string of the molecule is C1CCCNCC1.C1CCCNCC1.C1CCCOCC1.C1CCCSCC1.C1CCCSCC1.C1CNCCOC1.C1COCCOC1.C1COCCSC1.C1CSCCSC1. The molecule has 3 N–H and O–H groups in total. The Balaban J connectivity index is 0.000000354. The third-order valence-corrected chi connectivity index (χ3v) is 16.6. The highest BCUT2D eigenvalue weighted by atomic mass is 32.2. The summed E-state index contributed by atoms with van der Waals surface area (Å²) >= 11 is 10.4. The summed E-state index contributed by atoms with van der Waals surface area (Å²) in [6.45, 7) is 16.2. The molecule has 0 spiro atoms. The number of hydrogen-bond donors (Lipinski definition) is 3. The lowest BCUT2D eigenvalue weighted by Gasteiger charge is -1.91. The van der Waals surface area contributed by atoms with Crippen LogP contribution in [-0.2, 0) is 23.7 Å². The molecule has 0 amide bonds. The zero-order valence-electron chi connectivity index (χ0n) is 40.9. The quantitative estimate of drug-likeness (QED) is 0.216. The maximum absolute atomic E-state index is 5.19. The molecule has 9 rings (SSSR count). The molecule has 0 aromatic carbocycles. The highest BCUT2D eigenvalue weighted by Crippen LogP contribution is 2.16. The lowest BCUT2D eigenvalue weighted by Crippen LogP contribution is -2.15. The van der Waals surface area contributed by atoms with E-state index in [1.807, 2.05) is 11.8 Å². The molecule has 0 atom stereocenters. The first-order valence-electron chi connectivity index (χ1n) is 26.4. The molecule has 9 heterocycles. The van der Waals surface area contributed by atoms with Crippen LogP contribution < -0.4 is 16.0 Å². The molecule has 0 saturated carbocycles. The Labute approximate surface area is 412 Å². The van der Waals surface area contributed by atoms with Crippen molar-refractivity contribution < 1.29 is 23.7 Å². The van der Waals surface area contributed by atoms with Crippen LogP contribution in [0.25, 0.3) is 0 Å². The fourth-order valence-corrected chi connectivity index (χ4v) is 12.0. The van der Waals surface area contributed by atoms with Crippen LogP contribution in [-0.4, -0.2) is 163 Å². The number of hydrogen-bond acceptors (Lipinski definition) is 13. The minimum Gasteiger partial charge on any atom is -0.381 e. The van der Waals surface area contributed by atoms with Gasteiger partial charge in [-0.15, -0.1) is 0 Å². The summed E-state index contributed by atoms with van der Waals surface area (Å²) in [6, 6.07) is 0. The van der Waals surface area contributed by atoms with E-state index in [2.05, 4.69) is 63.0 Å². The lowest BCUT2D eigenvalue weighted by atomic mass is 10.2. The highest BCUT2D eigenvalue weighted by Gasteiger charge is 2.00. The number of nitrogens with one attached hydrogen (secondary N) is 3. The van der Waals surface area contributed by atoms with E-state index < -0.39 is 0 Å². The Bertz CT molecular complexity index is 443. The Morgan fingerprint density at radius 1 is 0.175 bits per heavy atom. The van der Waals surface area contributed by atoms with Gasteiger partial charge in [0.05, 0.1) is 26.4 Å². The zero-order chi connectivity index (χ0) is 44.5. The van der Waals surface area contributed by atoms with Crippen LogP contribution in [0.5, 0.6) is 0 Å². The first kappa shape index (κ1) is 62.4. The molecule has 0 aromatic rings. The molecule has 8 nitrogen and oxygen atoms in total. The molecular formula is C50H103N3O5S5. The van der Waals surface area contributed by atoms with E-state index in [1.54, 1.807) is 0 Å². The summed E-state index contributed by atoms with van der Waals surface area (Å²) in [5, 5.41) is 9.92. The summed E-state index contributed by atoms with van der Waals surface area (Å²) in [6.07, 6.45) is 33.3. The fraction of sp³-hybridized carbons (Fsp3) is 1.00. The van der Waals surface area contributed by atoms with Gasteiger partial charge < -0.3 is 39.6 Å². The molecule has 0 bridgehead atoms. The maximum atomic E-state index is 5.19. The van der Waals surface area contributed by atoms with Crippen molar-refractivity contribution in [2.24, 2.45) is 0 Å². The van der Waals surface area contributed by atoms with Crippen LogP contribution in [0.15, 0.2) is 0 Å². The second kappa shape index (κ2) is 59.6. The molecule has 9 saturated heterocycles. The van der Waals surface area contributed by atoms with Crippen molar-refractivity contribution in [1.29, 1.82) is 0 Å². The van der Waals surface area contributed by atoms with Crippen molar-refractivity contribution in [2.45, 2.75) is 154 Å². The van der Waals surface area contributed by atoms with Gasteiger partial charge in [-0.05, 0) is 163 Å². The molecule has 0 aromatic heterocycles. The Morgan fingerprint density at radius 2 is 0.492 bits per heavy atom. The van der Waals surface area contributed by atoms with Crippen LogP contribution in [0.1, 0.15) is 154 Å².